The van der Waals surface area contributed by atoms with Crippen molar-refractivity contribution in [3.8, 4) is 0 Å². The second-order valence-corrected chi connectivity index (χ2v) is 7.75. The average molecular weight is 448 g/mol. The molecule has 32 heavy (non-hydrogen) atoms. The highest BCUT2D eigenvalue weighted by molar-refractivity contribution is 5.99. The highest BCUT2D eigenvalue weighted by atomic mass is 19.2. The van der Waals surface area contributed by atoms with E-state index in [1.165, 1.54) is 4.90 Å². The van der Waals surface area contributed by atoms with Crippen LogP contribution >= 0.6 is 0 Å². The number of carbonyl (C=O) groups is 2. The fraction of sp³-hybridized carbons (Fsp3) is 0.409. The number of benzene rings is 1. The van der Waals surface area contributed by atoms with Gasteiger partial charge in [0.1, 0.15) is 11.6 Å². The van der Waals surface area contributed by atoms with Gasteiger partial charge in [0.2, 0.25) is 0 Å². The van der Waals surface area contributed by atoms with Gasteiger partial charge < -0.3 is 19.9 Å². The maximum Gasteiger partial charge on any atom is 0.257 e. The summed E-state index contributed by atoms with van der Waals surface area (Å²) in [6.45, 7) is 2.15. The van der Waals surface area contributed by atoms with Crippen LogP contribution < -0.4 is 10.2 Å². The van der Waals surface area contributed by atoms with Crippen LogP contribution in [0.4, 0.5) is 19.0 Å². The van der Waals surface area contributed by atoms with Crippen LogP contribution in [0.2, 0.25) is 0 Å². The van der Waals surface area contributed by atoms with Crippen molar-refractivity contribution in [2.75, 3.05) is 44.2 Å². The van der Waals surface area contributed by atoms with Crippen LogP contribution in [0.3, 0.4) is 0 Å². The number of ether oxygens (including phenoxy) is 1. The van der Waals surface area contributed by atoms with Gasteiger partial charge in [-0.3, -0.25) is 9.59 Å². The Bertz CT molecular complexity index is 1010. The summed E-state index contributed by atoms with van der Waals surface area (Å²) in [7, 11) is 0. The van der Waals surface area contributed by atoms with E-state index in [2.05, 4.69) is 10.3 Å². The zero-order chi connectivity index (χ0) is 22.7. The molecular formula is C22H23F3N4O3. The van der Waals surface area contributed by atoms with Gasteiger partial charge in [-0.25, -0.2) is 18.2 Å². The number of aromatic nitrogens is 1. The number of rotatable bonds is 5. The predicted octanol–water partition coefficient (Wildman–Crippen LogP) is 2.37. The summed E-state index contributed by atoms with van der Waals surface area (Å²) in [6, 6.07) is 4.44. The maximum atomic E-state index is 14.0. The van der Waals surface area contributed by atoms with Crippen LogP contribution in [0.5, 0.6) is 0 Å². The van der Waals surface area contributed by atoms with E-state index in [1.54, 1.807) is 18.3 Å². The minimum Gasteiger partial charge on any atom is -0.376 e. The van der Waals surface area contributed by atoms with Gasteiger partial charge in [-0.15, -0.1) is 0 Å². The van der Waals surface area contributed by atoms with Gasteiger partial charge in [0.15, 0.2) is 11.6 Å². The quantitative estimate of drug-likeness (QED) is 0.711. The number of carbonyl (C=O) groups excluding carboxylic acids is 2. The number of piperazine rings is 1. The van der Waals surface area contributed by atoms with Crippen molar-refractivity contribution in [3.63, 3.8) is 0 Å². The van der Waals surface area contributed by atoms with Crippen molar-refractivity contribution < 1.29 is 27.5 Å². The topological polar surface area (TPSA) is 74.8 Å². The second-order valence-electron chi connectivity index (χ2n) is 7.75. The van der Waals surface area contributed by atoms with Gasteiger partial charge in [-0.1, -0.05) is 0 Å². The fourth-order valence-corrected chi connectivity index (χ4v) is 3.94. The SMILES string of the molecule is O=C(NCC1CCCO1)c1cccnc1N1CCN(C(=O)c2cc(F)cc(F)c2F)CC1. The van der Waals surface area contributed by atoms with E-state index in [9.17, 15) is 22.8 Å². The molecule has 0 aliphatic carbocycles. The molecule has 1 N–H and O–H groups in total. The molecule has 0 radical (unpaired) electrons. The van der Waals surface area contributed by atoms with E-state index >= 15 is 0 Å². The molecule has 0 spiro atoms. The number of anilines is 1. The Morgan fingerprint density at radius 3 is 2.62 bits per heavy atom. The van der Waals surface area contributed by atoms with E-state index < -0.39 is 28.9 Å². The van der Waals surface area contributed by atoms with Gasteiger partial charge in [-0.2, -0.15) is 0 Å². The van der Waals surface area contributed by atoms with Crippen LogP contribution in [0.1, 0.15) is 33.6 Å². The molecule has 170 valence electrons. The van der Waals surface area contributed by atoms with Gasteiger partial charge >= 0.3 is 0 Å². The zero-order valence-corrected chi connectivity index (χ0v) is 17.3. The lowest BCUT2D eigenvalue weighted by Gasteiger charge is -2.36. The van der Waals surface area contributed by atoms with Crippen LogP contribution in [0, 0.1) is 17.5 Å². The molecule has 1 atom stereocenters. The molecule has 2 amide bonds. The van der Waals surface area contributed by atoms with E-state index in [0.717, 1.165) is 12.8 Å². The molecule has 1 aromatic heterocycles. The number of nitrogens with zero attached hydrogens (tertiary/aromatic N) is 3. The highest BCUT2D eigenvalue weighted by Gasteiger charge is 2.28. The summed E-state index contributed by atoms with van der Waals surface area (Å²) in [4.78, 5) is 32.8. The Hall–Kier alpha value is -3.14. The lowest BCUT2D eigenvalue weighted by atomic mass is 10.1. The highest BCUT2D eigenvalue weighted by Crippen LogP contribution is 2.22. The fourth-order valence-electron chi connectivity index (χ4n) is 3.94. The maximum absolute atomic E-state index is 14.0. The molecule has 2 fully saturated rings. The summed E-state index contributed by atoms with van der Waals surface area (Å²) in [6.07, 6.45) is 3.48. The normalized spacial score (nSPS) is 18.7. The molecule has 2 aliphatic heterocycles. The van der Waals surface area contributed by atoms with Crippen LogP contribution in [0.15, 0.2) is 30.5 Å². The molecule has 2 saturated heterocycles. The summed E-state index contributed by atoms with van der Waals surface area (Å²) in [5, 5.41) is 2.88. The van der Waals surface area contributed by atoms with Crippen molar-refractivity contribution in [1.29, 1.82) is 0 Å². The molecular weight excluding hydrogens is 425 g/mol. The number of hydrogen-bond acceptors (Lipinski definition) is 5. The minimum absolute atomic E-state index is 0.0154. The summed E-state index contributed by atoms with van der Waals surface area (Å²) >= 11 is 0. The van der Waals surface area contributed by atoms with Gasteiger partial charge in [0, 0.05) is 51.6 Å². The molecule has 0 bridgehead atoms. The summed E-state index contributed by atoms with van der Waals surface area (Å²) < 4.78 is 46.5. The Balaban J connectivity index is 1.41. The van der Waals surface area contributed by atoms with E-state index in [1.807, 2.05) is 4.90 Å². The third-order valence-electron chi connectivity index (χ3n) is 5.64. The summed E-state index contributed by atoms with van der Waals surface area (Å²) in [5.74, 6) is -4.35. The van der Waals surface area contributed by atoms with Crippen LogP contribution in [0.25, 0.3) is 0 Å². The Morgan fingerprint density at radius 2 is 1.91 bits per heavy atom. The van der Waals surface area contributed by atoms with Gasteiger partial charge in [-0.05, 0) is 31.0 Å². The molecule has 10 heteroatoms. The first-order valence-electron chi connectivity index (χ1n) is 10.5. The van der Waals surface area contributed by atoms with Gasteiger partial charge in [0.25, 0.3) is 11.8 Å². The summed E-state index contributed by atoms with van der Waals surface area (Å²) in [5.41, 5.74) is -0.230. The third kappa shape index (κ3) is 4.69. The monoisotopic (exact) mass is 448 g/mol. The second kappa shape index (κ2) is 9.56. The zero-order valence-electron chi connectivity index (χ0n) is 17.3. The Kier molecular flexibility index (Phi) is 6.59. The van der Waals surface area contributed by atoms with Crippen molar-refractivity contribution in [3.05, 3.63) is 59.0 Å². The number of nitrogens with one attached hydrogen (secondary N) is 1. The molecule has 1 aromatic carbocycles. The molecule has 1 unspecified atom stereocenters. The number of halogens is 3. The average Bonchev–Trinajstić information content (AvgIpc) is 3.33. The lowest BCUT2D eigenvalue weighted by molar-refractivity contribution is 0.0739. The number of amides is 2. The molecule has 3 heterocycles. The van der Waals surface area contributed by atoms with Crippen LogP contribution in [-0.2, 0) is 4.74 Å². The van der Waals surface area contributed by atoms with Crippen LogP contribution in [-0.4, -0.2) is 67.1 Å². The first kappa shape index (κ1) is 22.1. The molecule has 2 aliphatic rings. The minimum atomic E-state index is -1.40. The predicted molar refractivity (Wildman–Crippen MR) is 110 cm³/mol. The van der Waals surface area contributed by atoms with E-state index in [0.29, 0.717) is 49.8 Å². The Morgan fingerprint density at radius 1 is 1.12 bits per heavy atom. The molecule has 7 nitrogen and oxygen atoms in total. The number of pyridine rings is 1. The largest absolute Gasteiger partial charge is 0.376 e. The van der Waals surface area contributed by atoms with Crippen molar-refractivity contribution in [2.24, 2.45) is 0 Å². The smallest absolute Gasteiger partial charge is 0.257 e. The van der Waals surface area contributed by atoms with Gasteiger partial charge in [0.05, 0.1) is 17.2 Å². The lowest BCUT2D eigenvalue weighted by Crippen LogP contribution is -2.49. The standard InChI is InChI=1S/C22H23F3N4O3/c23-14-11-17(19(25)18(24)12-14)22(31)29-8-6-28(7-9-29)20-16(4-1-5-26-20)21(30)27-13-15-3-2-10-32-15/h1,4-5,11-12,15H,2-3,6-10,13H2,(H,27,30). The molecule has 4 rings (SSSR count). The Labute approximate surface area is 183 Å². The van der Waals surface area contributed by atoms with Crippen molar-refractivity contribution in [1.82, 2.24) is 15.2 Å². The molecule has 2 aromatic rings. The number of hydrogen-bond donors (Lipinski definition) is 1. The molecule has 0 saturated carbocycles. The van der Waals surface area contributed by atoms with E-state index in [4.69, 9.17) is 4.74 Å². The van der Waals surface area contributed by atoms with E-state index in [-0.39, 0.29) is 25.1 Å². The first-order valence-corrected chi connectivity index (χ1v) is 10.5. The third-order valence-corrected chi connectivity index (χ3v) is 5.64. The van der Waals surface area contributed by atoms with Crippen molar-refractivity contribution >= 4 is 17.6 Å². The first-order chi connectivity index (χ1) is 15.4. The van der Waals surface area contributed by atoms with Crippen molar-refractivity contribution in [2.45, 2.75) is 18.9 Å².